The quantitative estimate of drug-likeness (QED) is 0.557. The Labute approximate surface area is 58.3 Å². The highest BCUT2D eigenvalue weighted by molar-refractivity contribution is 4.54. The molecule has 0 aromatic heterocycles. The summed E-state index contributed by atoms with van der Waals surface area (Å²) in [6.45, 7) is 8.97. The molecule has 0 radical (unpaired) electrons. The van der Waals surface area contributed by atoms with Crippen LogP contribution >= 0.6 is 0 Å². The summed E-state index contributed by atoms with van der Waals surface area (Å²) in [6.07, 6.45) is 0. The molecule has 0 heterocycles. The van der Waals surface area contributed by atoms with Gasteiger partial charge in [-0.25, -0.2) is 0 Å². The Balaban J connectivity index is 0. The largest absolute Gasteiger partial charge is 0.327 e. The fourth-order valence-electron chi connectivity index (χ4n) is 0.576. The van der Waals surface area contributed by atoms with Gasteiger partial charge < -0.3 is 10.6 Å². The number of rotatable bonds is 2. The second-order valence-corrected chi connectivity index (χ2v) is 2.24. The summed E-state index contributed by atoms with van der Waals surface area (Å²) >= 11 is 0. The lowest BCUT2D eigenvalue weighted by atomic mass is 10.3. The Morgan fingerprint density at radius 1 is 1.44 bits per heavy atom. The Bertz CT molecular complexity index is 44.9. The van der Waals surface area contributed by atoms with Gasteiger partial charge in [-0.05, 0) is 21.0 Å². The van der Waals surface area contributed by atoms with Gasteiger partial charge in [0.1, 0.15) is 0 Å². The highest BCUT2D eigenvalue weighted by atomic mass is 15.1. The zero-order valence-corrected chi connectivity index (χ0v) is 6.72. The van der Waals surface area contributed by atoms with Crippen molar-refractivity contribution in [1.29, 1.82) is 0 Å². The molecule has 0 aliphatic heterocycles. The molecule has 0 aromatic rings. The number of hydrogen-bond donors (Lipinski definition) is 1. The molecule has 2 N–H and O–H groups in total. The smallest absolute Gasteiger partial charge is 0.0138 e. The van der Waals surface area contributed by atoms with E-state index in [2.05, 4.69) is 18.1 Å². The van der Waals surface area contributed by atoms with Crippen LogP contribution in [0.4, 0.5) is 0 Å². The third-order valence-corrected chi connectivity index (χ3v) is 0.653. The molecule has 0 amide bonds. The summed E-state index contributed by atoms with van der Waals surface area (Å²) < 4.78 is 0. The van der Waals surface area contributed by atoms with Gasteiger partial charge in [-0.15, -0.1) is 13.2 Å². The molecule has 0 unspecified atom stereocenters. The first-order valence-electron chi connectivity index (χ1n) is 3.03. The van der Waals surface area contributed by atoms with Crippen LogP contribution in [-0.2, 0) is 0 Å². The van der Waals surface area contributed by atoms with Crippen molar-refractivity contribution in [1.82, 2.24) is 4.90 Å². The Hall–Kier alpha value is -0.340. The van der Waals surface area contributed by atoms with Gasteiger partial charge >= 0.3 is 0 Å². The average molecular weight is 130 g/mol. The number of nitrogens with two attached hydrogens (primary N) is 1. The van der Waals surface area contributed by atoms with Crippen molar-refractivity contribution in [2.75, 3.05) is 20.6 Å². The molecule has 2 nitrogen and oxygen atoms in total. The minimum atomic E-state index is 0.301. The number of hydrogen-bond acceptors (Lipinski definition) is 2. The molecule has 56 valence electrons. The van der Waals surface area contributed by atoms with Gasteiger partial charge in [0.05, 0.1) is 0 Å². The first kappa shape index (κ1) is 11.5. The van der Waals surface area contributed by atoms with E-state index in [1.54, 1.807) is 0 Å². The lowest BCUT2D eigenvalue weighted by Gasteiger charge is -2.11. The first-order chi connectivity index (χ1) is 4.13. The monoisotopic (exact) mass is 130 g/mol. The Kier molecular flexibility index (Phi) is 9.75. The average Bonchev–Trinajstić information content (AvgIpc) is 1.68. The van der Waals surface area contributed by atoms with Crippen LogP contribution in [0.3, 0.4) is 0 Å². The van der Waals surface area contributed by atoms with Crippen molar-refractivity contribution in [3.63, 3.8) is 0 Å². The second kappa shape index (κ2) is 7.66. The van der Waals surface area contributed by atoms with Crippen molar-refractivity contribution < 1.29 is 0 Å². The van der Waals surface area contributed by atoms with Crippen LogP contribution in [-0.4, -0.2) is 31.6 Å². The summed E-state index contributed by atoms with van der Waals surface area (Å²) in [5.74, 6) is 0. The van der Waals surface area contributed by atoms with E-state index in [9.17, 15) is 0 Å². The zero-order valence-electron chi connectivity index (χ0n) is 6.72. The van der Waals surface area contributed by atoms with Crippen LogP contribution in [0, 0.1) is 0 Å². The van der Waals surface area contributed by atoms with E-state index in [0.717, 1.165) is 6.54 Å². The summed E-state index contributed by atoms with van der Waals surface area (Å²) in [5.41, 5.74) is 5.45. The van der Waals surface area contributed by atoms with Crippen LogP contribution in [0.2, 0.25) is 0 Å². The normalized spacial score (nSPS) is 12.1. The molecule has 0 aliphatic carbocycles. The van der Waals surface area contributed by atoms with Crippen molar-refractivity contribution >= 4 is 0 Å². The standard InChI is InChI=1S/C5H14N2.C2H4/c1-5(6)4-7(2)3;1-2/h5H,4,6H2,1-3H3;1-2H2/t5-;/m0./s1. The SMILES string of the molecule is C=C.C[C@H](N)CN(C)C. The van der Waals surface area contributed by atoms with E-state index in [1.165, 1.54) is 0 Å². The van der Waals surface area contributed by atoms with Crippen LogP contribution in [0.5, 0.6) is 0 Å². The van der Waals surface area contributed by atoms with Crippen molar-refractivity contribution in [2.45, 2.75) is 13.0 Å². The number of nitrogens with zero attached hydrogens (tertiary/aromatic N) is 1. The second-order valence-electron chi connectivity index (χ2n) is 2.24. The summed E-state index contributed by atoms with van der Waals surface area (Å²) in [6, 6.07) is 0.301. The van der Waals surface area contributed by atoms with E-state index in [0.29, 0.717) is 6.04 Å². The Morgan fingerprint density at radius 2 is 1.78 bits per heavy atom. The predicted molar refractivity (Wildman–Crippen MR) is 43.5 cm³/mol. The van der Waals surface area contributed by atoms with E-state index in [1.807, 2.05) is 21.0 Å². The van der Waals surface area contributed by atoms with Gasteiger partial charge in [0.15, 0.2) is 0 Å². The van der Waals surface area contributed by atoms with Crippen molar-refractivity contribution in [3.05, 3.63) is 13.2 Å². The Morgan fingerprint density at radius 3 is 1.78 bits per heavy atom. The molecule has 2 heteroatoms. The predicted octanol–water partition coefficient (Wildman–Crippen LogP) is 0.697. The minimum absolute atomic E-state index is 0.301. The fourth-order valence-corrected chi connectivity index (χ4v) is 0.576. The van der Waals surface area contributed by atoms with Gasteiger partial charge in [0, 0.05) is 12.6 Å². The van der Waals surface area contributed by atoms with E-state index in [-0.39, 0.29) is 0 Å². The molecule has 0 fully saturated rings. The molecular formula is C7H18N2. The maximum absolute atomic E-state index is 5.45. The van der Waals surface area contributed by atoms with Crippen LogP contribution in [0.25, 0.3) is 0 Å². The van der Waals surface area contributed by atoms with Gasteiger partial charge in [-0.2, -0.15) is 0 Å². The molecule has 0 saturated heterocycles. The van der Waals surface area contributed by atoms with E-state index < -0.39 is 0 Å². The minimum Gasteiger partial charge on any atom is -0.327 e. The molecule has 0 bridgehead atoms. The lowest BCUT2D eigenvalue weighted by Crippen LogP contribution is -2.29. The van der Waals surface area contributed by atoms with Crippen LogP contribution in [0.15, 0.2) is 13.2 Å². The molecule has 0 aliphatic rings. The first-order valence-corrected chi connectivity index (χ1v) is 3.03. The molecule has 0 spiro atoms. The third-order valence-electron chi connectivity index (χ3n) is 0.653. The maximum Gasteiger partial charge on any atom is 0.0138 e. The fraction of sp³-hybridized carbons (Fsp3) is 0.714. The zero-order chi connectivity index (χ0) is 7.86. The van der Waals surface area contributed by atoms with Gasteiger partial charge in [0.25, 0.3) is 0 Å². The van der Waals surface area contributed by atoms with Crippen LogP contribution < -0.4 is 5.73 Å². The van der Waals surface area contributed by atoms with Gasteiger partial charge in [0.2, 0.25) is 0 Å². The van der Waals surface area contributed by atoms with Crippen molar-refractivity contribution in [3.8, 4) is 0 Å². The maximum atomic E-state index is 5.45. The summed E-state index contributed by atoms with van der Waals surface area (Å²) in [5, 5.41) is 0. The molecule has 0 saturated carbocycles. The highest BCUT2D eigenvalue weighted by Crippen LogP contribution is 1.76. The summed E-state index contributed by atoms with van der Waals surface area (Å²) in [7, 11) is 4.03. The molecule has 0 rings (SSSR count). The number of likely N-dealkylation sites (N-methyl/N-ethyl adjacent to an activating group) is 1. The summed E-state index contributed by atoms with van der Waals surface area (Å²) in [4.78, 5) is 2.07. The third kappa shape index (κ3) is 18.3. The van der Waals surface area contributed by atoms with Crippen molar-refractivity contribution in [2.24, 2.45) is 5.73 Å². The molecule has 1 atom stereocenters. The van der Waals surface area contributed by atoms with Gasteiger partial charge in [-0.1, -0.05) is 0 Å². The van der Waals surface area contributed by atoms with Crippen LogP contribution in [0.1, 0.15) is 6.92 Å². The molecule has 0 aromatic carbocycles. The van der Waals surface area contributed by atoms with E-state index >= 15 is 0 Å². The lowest BCUT2D eigenvalue weighted by molar-refractivity contribution is 0.383. The van der Waals surface area contributed by atoms with E-state index in [4.69, 9.17) is 5.73 Å². The molecule has 9 heavy (non-hydrogen) atoms. The molecular weight excluding hydrogens is 112 g/mol. The highest BCUT2D eigenvalue weighted by Gasteiger charge is 1.92. The topological polar surface area (TPSA) is 29.3 Å². The van der Waals surface area contributed by atoms with Gasteiger partial charge in [-0.3, -0.25) is 0 Å².